The van der Waals surface area contributed by atoms with Crippen molar-refractivity contribution >= 4 is 21.8 Å². The van der Waals surface area contributed by atoms with Gasteiger partial charge in [0.15, 0.2) is 0 Å². The zero-order valence-electron chi connectivity index (χ0n) is 10.1. The molecule has 1 amide bonds. The van der Waals surface area contributed by atoms with Crippen molar-refractivity contribution < 1.29 is 4.79 Å². The average molecular weight is 304 g/mol. The predicted octanol–water partition coefficient (Wildman–Crippen LogP) is 3.33. The van der Waals surface area contributed by atoms with Crippen LogP contribution in [0.25, 0.3) is 0 Å². The molecule has 0 radical (unpaired) electrons. The summed E-state index contributed by atoms with van der Waals surface area (Å²) in [7, 11) is 1.66. The van der Waals surface area contributed by atoms with Gasteiger partial charge in [-0.2, -0.15) is 0 Å². The van der Waals surface area contributed by atoms with Gasteiger partial charge < -0.3 is 5.32 Å². The smallest absolute Gasteiger partial charge is 0.231 e. The maximum Gasteiger partial charge on any atom is 0.231 e. The van der Waals surface area contributed by atoms with E-state index in [1.54, 1.807) is 7.05 Å². The molecular formula is C15H14BrNO. The molecule has 2 aromatic carbocycles. The van der Waals surface area contributed by atoms with E-state index in [2.05, 4.69) is 21.2 Å². The van der Waals surface area contributed by atoms with Gasteiger partial charge in [-0.1, -0.05) is 58.4 Å². The zero-order chi connectivity index (χ0) is 13.0. The Hall–Kier alpha value is -1.61. The summed E-state index contributed by atoms with van der Waals surface area (Å²) in [6.07, 6.45) is 0. The fourth-order valence-corrected chi connectivity index (χ4v) is 2.39. The Morgan fingerprint density at radius 2 is 1.72 bits per heavy atom. The molecule has 0 aliphatic rings. The van der Waals surface area contributed by atoms with Gasteiger partial charge in [0, 0.05) is 11.5 Å². The van der Waals surface area contributed by atoms with Gasteiger partial charge in [0.2, 0.25) is 5.91 Å². The third-order valence-electron chi connectivity index (χ3n) is 2.82. The Balaban J connectivity index is 2.47. The quantitative estimate of drug-likeness (QED) is 0.926. The fourth-order valence-electron chi connectivity index (χ4n) is 1.97. The Bertz CT molecular complexity index is 539. The average Bonchev–Trinajstić information content (AvgIpc) is 2.40. The largest absolute Gasteiger partial charge is 0.358 e. The molecule has 0 aromatic heterocycles. The number of likely N-dealkylation sites (N-methyl/N-ethyl adjacent to an activating group) is 1. The fraction of sp³-hybridized carbons (Fsp3) is 0.133. The van der Waals surface area contributed by atoms with Crippen LogP contribution in [0.4, 0.5) is 0 Å². The molecule has 0 spiro atoms. The number of amides is 1. The second-order valence-electron chi connectivity index (χ2n) is 4.01. The summed E-state index contributed by atoms with van der Waals surface area (Å²) in [6.45, 7) is 0. The molecule has 18 heavy (non-hydrogen) atoms. The number of rotatable bonds is 3. The number of benzene rings is 2. The van der Waals surface area contributed by atoms with Gasteiger partial charge in [-0.25, -0.2) is 0 Å². The normalized spacial score (nSPS) is 11.9. The van der Waals surface area contributed by atoms with E-state index < -0.39 is 0 Å². The summed E-state index contributed by atoms with van der Waals surface area (Å²) in [6, 6.07) is 17.6. The van der Waals surface area contributed by atoms with Gasteiger partial charge in [0.1, 0.15) is 0 Å². The molecule has 1 unspecified atom stereocenters. The first-order valence-electron chi connectivity index (χ1n) is 5.74. The lowest BCUT2D eigenvalue weighted by Crippen LogP contribution is -2.26. The molecule has 2 aromatic rings. The summed E-state index contributed by atoms with van der Waals surface area (Å²) >= 11 is 3.44. The van der Waals surface area contributed by atoms with Crippen LogP contribution < -0.4 is 5.32 Å². The lowest BCUT2D eigenvalue weighted by molar-refractivity contribution is -0.121. The van der Waals surface area contributed by atoms with Gasteiger partial charge in [0.05, 0.1) is 5.92 Å². The number of hydrogen-bond donors (Lipinski definition) is 1. The summed E-state index contributed by atoms with van der Waals surface area (Å²) in [5, 5.41) is 2.73. The zero-order valence-corrected chi connectivity index (χ0v) is 11.6. The molecule has 2 nitrogen and oxygen atoms in total. The van der Waals surface area contributed by atoms with Crippen LogP contribution >= 0.6 is 15.9 Å². The number of carbonyl (C=O) groups is 1. The van der Waals surface area contributed by atoms with Crippen LogP contribution in [0.15, 0.2) is 59.1 Å². The number of hydrogen-bond acceptors (Lipinski definition) is 1. The lowest BCUT2D eigenvalue weighted by atomic mass is 9.90. The lowest BCUT2D eigenvalue weighted by Gasteiger charge is -2.16. The molecule has 0 saturated carbocycles. The van der Waals surface area contributed by atoms with Crippen molar-refractivity contribution in [2.75, 3.05) is 7.05 Å². The van der Waals surface area contributed by atoms with Gasteiger partial charge >= 0.3 is 0 Å². The summed E-state index contributed by atoms with van der Waals surface area (Å²) < 4.78 is 0.977. The number of nitrogens with one attached hydrogen (secondary N) is 1. The minimum absolute atomic E-state index is 0.000648. The molecule has 0 aliphatic carbocycles. The van der Waals surface area contributed by atoms with E-state index in [0.29, 0.717) is 0 Å². The SMILES string of the molecule is CNC(=O)C(c1ccccc1)c1cccc(Br)c1. The highest BCUT2D eigenvalue weighted by Crippen LogP contribution is 2.26. The molecule has 2 rings (SSSR count). The van der Waals surface area contributed by atoms with Crippen LogP contribution in [0.1, 0.15) is 17.0 Å². The van der Waals surface area contributed by atoms with Crippen molar-refractivity contribution in [2.45, 2.75) is 5.92 Å². The first-order valence-corrected chi connectivity index (χ1v) is 6.53. The summed E-state index contributed by atoms with van der Waals surface area (Å²) in [4.78, 5) is 12.1. The molecular weight excluding hydrogens is 290 g/mol. The highest BCUT2D eigenvalue weighted by molar-refractivity contribution is 9.10. The van der Waals surface area contributed by atoms with Crippen LogP contribution in [0.2, 0.25) is 0 Å². The minimum Gasteiger partial charge on any atom is -0.358 e. The topological polar surface area (TPSA) is 29.1 Å². The molecule has 0 aliphatic heterocycles. The molecule has 0 heterocycles. The molecule has 3 heteroatoms. The highest BCUT2D eigenvalue weighted by atomic mass is 79.9. The first-order chi connectivity index (χ1) is 8.72. The van der Waals surface area contributed by atoms with Crippen molar-refractivity contribution in [3.63, 3.8) is 0 Å². The Morgan fingerprint density at radius 3 is 2.33 bits per heavy atom. The van der Waals surface area contributed by atoms with Crippen molar-refractivity contribution in [3.8, 4) is 0 Å². The second kappa shape index (κ2) is 5.83. The van der Waals surface area contributed by atoms with Crippen molar-refractivity contribution in [3.05, 3.63) is 70.2 Å². The third kappa shape index (κ3) is 2.79. The van der Waals surface area contributed by atoms with E-state index in [1.165, 1.54) is 0 Å². The van der Waals surface area contributed by atoms with Gasteiger partial charge in [-0.15, -0.1) is 0 Å². The van der Waals surface area contributed by atoms with Crippen molar-refractivity contribution in [2.24, 2.45) is 0 Å². The van der Waals surface area contributed by atoms with Crippen LogP contribution in [0.5, 0.6) is 0 Å². The minimum atomic E-state index is -0.270. The Morgan fingerprint density at radius 1 is 1.06 bits per heavy atom. The third-order valence-corrected chi connectivity index (χ3v) is 3.32. The standard InChI is InChI=1S/C15H14BrNO/c1-17-15(18)14(11-6-3-2-4-7-11)12-8-5-9-13(16)10-12/h2-10,14H,1H3,(H,17,18). The van der Waals surface area contributed by atoms with E-state index >= 15 is 0 Å². The van der Waals surface area contributed by atoms with Crippen molar-refractivity contribution in [1.29, 1.82) is 0 Å². The van der Waals surface area contributed by atoms with E-state index in [-0.39, 0.29) is 11.8 Å². The van der Waals surface area contributed by atoms with Gasteiger partial charge in [-0.3, -0.25) is 4.79 Å². The monoisotopic (exact) mass is 303 g/mol. The van der Waals surface area contributed by atoms with E-state index in [1.807, 2.05) is 54.6 Å². The van der Waals surface area contributed by atoms with Crippen molar-refractivity contribution in [1.82, 2.24) is 5.32 Å². The Labute approximate surface area is 115 Å². The molecule has 0 saturated heterocycles. The first kappa shape index (κ1) is 12.8. The van der Waals surface area contributed by atoms with E-state index in [0.717, 1.165) is 15.6 Å². The van der Waals surface area contributed by atoms with Gasteiger partial charge in [0.25, 0.3) is 0 Å². The van der Waals surface area contributed by atoms with E-state index in [4.69, 9.17) is 0 Å². The van der Waals surface area contributed by atoms with Gasteiger partial charge in [-0.05, 0) is 23.3 Å². The maximum atomic E-state index is 12.1. The second-order valence-corrected chi connectivity index (χ2v) is 4.93. The highest BCUT2D eigenvalue weighted by Gasteiger charge is 2.21. The van der Waals surface area contributed by atoms with Crippen LogP contribution in [0.3, 0.4) is 0 Å². The predicted molar refractivity (Wildman–Crippen MR) is 76.5 cm³/mol. The molecule has 1 N–H and O–H groups in total. The number of carbonyl (C=O) groups excluding carboxylic acids is 1. The molecule has 0 bridgehead atoms. The van der Waals surface area contributed by atoms with Crippen LogP contribution in [-0.4, -0.2) is 13.0 Å². The summed E-state index contributed by atoms with van der Waals surface area (Å²) in [5.74, 6) is -0.270. The maximum absolute atomic E-state index is 12.1. The molecule has 0 fully saturated rings. The Kier molecular flexibility index (Phi) is 4.15. The van der Waals surface area contributed by atoms with Crippen LogP contribution in [-0.2, 0) is 4.79 Å². The molecule has 1 atom stereocenters. The molecule has 92 valence electrons. The van der Waals surface area contributed by atoms with Crippen LogP contribution in [0, 0.1) is 0 Å². The van der Waals surface area contributed by atoms with E-state index in [9.17, 15) is 4.79 Å². The number of halogens is 1. The summed E-state index contributed by atoms with van der Waals surface area (Å²) in [5.41, 5.74) is 1.98.